The average Bonchev–Trinajstić information content (AvgIpc) is 3.48. The van der Waals surface area contributed by atoms with Crippen molar-refractivity contribution in [3.8, 4) is 0 Å². The van der Waals surface area contributed by atoms with Crippen LogP contribution in [0, 0.1) is 5.92 Å². The van der Waals surface area contributed by atoms with E-state index in [4.69, 9.17) is 12.2 Å². The Morgan fingerprint density at radius 3 is 1.93 bits per heavy atom. The molecule has 0 saturated heterocycles. The molecule has 1 aliphatic rings. The number of amides is 2. The molecule has 0 atom stereocenters. The van der Waals surface area contributed by atoms with Gasteiger partial charge in [0, 0.05) is 22.9 Å². The smallest absolute Gasteiger partial charge is 0.255 e. The van der Waals surface area contributed by atoms with Gasteiger partial charge in [-0.25, -0.2) is 0 Å². The average molecular weight is 396 g/mol. The molecule has 0 spiro atoms. The third-order valence-corrected chi connectivity index (χ3v) is 4.80. The molecule has 0 unspecified atom stereocenters. The van der Waals surface area contributed by atoms with Crippen LogP contribution in [-0.4, -0.2) is 16.9 Å². The van der Waals surface area contributed by atoms with Gasteiger partial charge in [0.25, 0.3) is 5.91 Å². The van der Waals surface area contributed by atoms with Gasteiger partial charge < -0.3 is 16.0 Å². The Balaban J connectivity index is 1.55. The normalized spacial score (nSPS) is 13.5. The molecule has 0 bridgehead atoms. The summed E-state index contributed by atoms with van der Waals surface area (Å²) in [5, 5.41) is 8.83. The Kier molecular flexibility index (Phi) is 5.79. The van der Waals surface area contributed by atoms with Gasteiger partial charge in [-0.3, -0.25) is 9.59 Å². The molecule has 2 aromatic rings. The lowest BCUT2D eigenvalue weighted by Gasteiger charge is -2.19. The van der Waals surface area contributed by atoms with Crippen molar-refractivity contribution in [2.24, 2.45) is 5.92 Å². The first-order valence-corrected chi connectivity index (χ1v) is 9.77. The number of rotatable bonds is 4. The standard InChI is InChI=1S/C22H25N3O2S/c1-22(2,3)16-8-6-15(7-9-16)19(26)23-17-10-12-18(13-11-17)24-21(28)25-20(27)14-4-5-14/h6-14H,4-5H2,1-3H3,(H,23,26)(H2,24,25,27,28). The van der Waals surface area contributed by atoms with Crippen molar-refractivity contribution in [3.63, 3.8) is 0 Å². The molecule has 0 aromatic heterocycles. The molecule has 28 heavy (non-hydrogen) atoms. The van der Waals surface area contributed by atoms with Crippen molar-refractivity contribution in [2.45, 2.75) is 39.0 Å². The minimum Gasteiger partial charge on any atom is -0.332 e. The van der Waals surface area contributed by atoms with Crippen LogP contribution >= 0.6 is 12.2 Å². The topological polar surface area (TPSA) is 70.2 Å². The van der Waals surface area contributed by atoms with Crippen LogP contribution in [-0.2, 0) is 10.2 Å². The predicted octanol–water partition coefficient (Wildman–Crippen LogP) is 4.46. The van der Waals surface area contributed by atoms with Gasteiger partial charge in [0.15, 0.2) is 5.11 Å². The quantitative estimate of drug-likeness (QED) is 0.669. The Morgan fingerprint density at radius 1 is 0.893 bits per heavy atom. The van der Waals surface area contributed by atoms with E-state index in [9.17, 15) is 9.59 Å². The van der Waals surface area contributed by atoms with Crippen molar-refractivity contribution in [3.05, 3.63) is 59.7 Å². The van der Waals surface area contributed by atoms with E-state index >= 15 is 0 Å². The van der Waals surface area contributed by atoms with Gasteiger partial charge in [-0.05, 0) is 72.4 Å². The van der Waals surface area contributed by atoms with Crippen molar-refractivity contribution in [1.82, 2.24) is 5.32 Å². The molecule has 1 fully saturated rings. The number of hydrogen-bond donors (Lipinski definition) is 3. The number of thiocarbonyl (C=S) groups is 1. The number of benzene rings is 2. The first-order valence-electron chi connectivity index (χ1n) is 9.36. The predicted molar refractivity (Wildman–Crippen MR) is 117 cm³/mol. The molecular weight excluding hydrogens is 370 g/mol. The Hall–Kier alpha value is -2.73. The van der Waals surface area contributed by atoms with Crippen LogP contribution < -0.4 is 16.0 Å². The van der Waals surface area contributed by atoms with Gasteiger partial charge in [0.05, 0.1) is 0 Å². The van der Waals surface area contributed by atoms with Crippen LogP contribution in [0.15, 0.2) is 48.5 Å². The Labute approximate surface area is 170 Å². The highest BCUT2D eigenvalue weighted by Crippen LogP contribution is 2.28. The summed E-state index contributed by atoms with van der Waals surface area (Å²) in [5.41, 5.74) is 3.27. The van der Waals surface area contributed by atoms with Gasteiger partial charge in [0.2, 0.25) is 5.91 Å². The molecule has 5 nitrogen and oxygen atoms in total. The Bertz CT molecular complexity index is 879. The monoisotopic (exact) mass is 395 g/mol. The maximum absolute atomic E-state index is 12.4. The van der Waals surface area contributed by atoms with E-state index in [1.165, 1.54) is 5.56 Å². The lowest BCUT2D eigenvalue weighted by atomic mass is 9.87. The van der Waals surface area contributed by atoms with E-state index in [1.807, 2.05) is 24.3 Å². The summed E-state index contributed by atoms with van der Waals surface area (Å²) in [6.07, 6.45) is 1.86. The third kappa shape index (κ3) is 5.39. The second-order valence-corrected chi connectivity index (χ2v) is 8.48. The Morgan fingerprint density at radius 2 is 1.43 bits per heavy atom. The van der Waals surface area contributed by atoms with Crippen molar-refractivity contribution in [1.29, 1.82) is 0 Å². The first-order chi connectivity index (χ1) is 13.2. The lowest BCUT2D eigenvalue weighted by Crippen LogP contribution is -2.35. The fourth-order valence-electron chi connectivity index (χ4n) is 2.68. The second kappa shape index (κ2) is 8.10. The van der Waals surface area contributed by atoms with E-state index < -0.39 is 0 Å². The van der Waals surface area contributed by atoms with E-state index in [0.29, 0.717) is 11.3 Å². The molecule has 1 saturated carbocycles. The maximum atomic E-state index is 12.4. The molecule has 2 amide bonds. The fraction of sp³-hybridized carbons (Fsp3) is 0.318. The number of hydrogen-bond acceptors (Lipinski definition) is 3. The van der Waals surface area contributed by atoms with Crippen LogP contribution in [0.2, 0.25) is 0 Å². The van der Waals surface area contributed by atoms with Crippen LogP contribution in [0.5, 0.6) is 0 Å². The molecule has 1 aliphatic carbocycles. The van der Waals surface area contributed by atoms with Crippen LogP contribution in [0.4, 0.5) is 11.4 Å². The van der Waals surface area contributed by atoms with Crippen molar-refractivity contribution >= 4 is 40.5 Å². The highest BCUT2D eigenvalue weighted by Gasteiger charge is 2.30. The van der Waals surface area contributed by atoms with Crippen molar-refractivity contribution < 1.29 is 9.59 Å². The van der Waals surface area contributed by atoms with E-state index in [-0.39, 0.29) is 28.3 Å². The molecule has 0 aliphatic heterocycles. The summed E-state index contributed by atoms with van der Waals surface area (Å²) in [6, 6.07) is 14.8. The number of carbonyl (C=O) groups is 2. The minimum absolute atomic E-state index is 0.0288. The molecule has 3 rings (SSSR count). The zero-order chi connectivity index (χ0) is 20.3. The molecule has 146 valence electrons. The van der Waals surface area contributed by atoms with Gasteiger partial charge in [0.1, 0.15) is 0 Å². The van der Waals surface area contributed by atoms with E-state index in [0.717, 1.165) is 18.5 Å². The van der Waals surface area contributed by atoms with Gasteiger partial charge in [-0.2, -0.15) is 0 Å². The summed E-state index contributed by atoms with van der Waals surface area (Å²) >= 11 is 5.15. The van der Waals surface area contributed by atoms with Gasteiger partial charge in [-0.15, -0.1) is 0 Å². The number of nitrogens with one attached hydrogen (secondary N) is 3. The third-order valence-electron chi connectivity index (χ3n) is 4.60. The van der Waals surface area contributed by atoms with Crippen LogP contribution in [0.25, 0.3) is 0 Å². The molecule has 3 N–H and O–H groups in total. The molecular formula is C22H25N3O2S. The SMILES string of the molecule is CC(C)(C)c1ccc(C(=O)Nc2ccc(NC(=S)NC(=O)C3CC3)cc2)cc1. The van der Waals surface area contributed by atoms with Crippen molar-refractivity contribution in [2.75, 3.05) is 10.6 Å². The first kappa shape index (κ1) is 20.0. The van der Waals surface area contributed by atoms with E-state index in [1.54, 1.807) is 24.3 Å². The zero-order valence-electron chi connectivity index (χ0n) is 16.3. The zero-order valence-corrected chi connectivity index (χ0v) is 17.2. The van der Waals surface area contributed by atoms with E-state index in [2.05, 4.69) is 36.7 Å². The summed E-state index contributed by atoms with van der Waals surface area (Å²) < 4.78 is 0. The fourth-order valence-corrected chi connectivity index (χ4v) is 2.90. The summed E-state index contributed by atoms with van der Waals surface area (Å²) in [6.45, 7) is 6.42. The van der Waals surface area contributed by atoms with Crippen LogP contribution in [0.3, 0.4) is 0 Å². The highest BCUT2D eigenvalue weighted by atomic mass is 32.1. The van der Waals surface area contributed by atoms with Gasteiger partial charge in [-0.1, -0.05) is 32.9 Å². The lowest BCUT2D eigenvalue weighted by molar-refractivity contribution is -0.120. The molecule has 0 heterocycles. The highest BCUT2D eigenvalue weighted by molar-refractivity contribution is 7.80. The largest absolute Gasteiger partial charge is 0.332 e. The van der Waals surface area contributed by atoms with Crippen LogP contribution in [0.1, 0.15) is 49.5 Å². The number of carbonyl (C=O) groups excluding carboxylic acids is 2. The minimum atomic E-state index is -0.159. The maximum Gasteiger partial charge on any atom is 0.255 e. The molecule has 6 heteroatoms. The molecule has 0 radical (unpaired) electrons. The number of anilines is 2. The summed E-state index contributed by atoms with van der Waals surface area (Å²) in [4.78, 5) is 24.1. The van der Waals surface area contributed by atoms with Gasteiger partial charge >= 0.3 is 0 Å². The summed E-state index contributed by atoms with van der Waals surface area (Å²) in [7, 11) is 0. The summed E-state index contributed by atoms with van der Waals surface area (Å²) in [5.74, 6) is -0.0814. The molecule has 2 aromatic carbocycles. The second-order valence-electron chi connectivity index (χ2n) is 8.08.